The molecule has 3 aromatic heterocycles. The van der Waals surface area contributed by atoms with Crippen LogP contribution in [0.25, 0.3) is 22.0 Å². The lowest BCUT2D eigenvalue weighted by molar-refractivity contribution is 0.214. The number of fused-ring (bicyclic) bond motifs is 1. The maximum atomic E-state index is 4.86. The molecular weight excluding hydrogens is 482 g/mol. The van der Waals surface area contributed by atoms with E-state index in [1.54, 1.807) is 6.33 Å². The molecule has 7 heteroatoms. The number of hydrogen-bond acceptors (Lipinski definition) is 7. The predicted octanol–water partition coefficient (Wildman–Crippen LogP) is 6.32. The molecule has 7 nitrogen and oxygen atoms in total. The van der Waals surface area contributed by atoms with Crippen molar-refractivity contribution in [2.45, 2.75) is 72.0 Å². The Kier molecular flexibility index (Phi) is 8.07. The Morgan fingerprint density at radius 2 is 1.72 bits per heavy atom. The number of nitrogens with zero attached hydrogens (tertiary/aromatic N) is 6. The average molecular weight is 524 g/mol. The third kappa shape index (κ3) is 5.74. The van der Waals surface area contributed by atoms with Gasteiger partial charge in [-0.2, -0.15) is 0 Å². The van der Waals surface area contributed by atoms with Crippen LogP contribution >= 0.6 is 0 Å². The van der Waals surface area contributed by atoms with Gasteiger partial charge in [-0.1, -0.05) is 6.07 Å². The first-order valence-electron chi connectivity index (χ1n) is 14.2. The van der Waals surface area contributed by atoms with E-state index in [2.05, 4.69) is 84.2 Å². The number of hydrogen-bond donors (Lipinski definition) is 1. The summed E-state index contributed by atoms with van der Waals surface area (Å²) in [7, 11) is 4.41. The van der Waals surface area contributed by atoms with Gasteiger partial charge in [0, 0.05) is 59.9 Å². The van der Waals surface area contributed by atoms with Gasteiger partial charge in [-0.05, 0) is 108 Å². The Bertz CT molecular complexity index is 1400. The molecule has 0 bridgehead atoms. The first-order valence-corrected chi connectivity index (χ1v) is 14.2. The Morgan fingerprint density at radius 3 is 2.38 bits per heavy atom. The zero-order valence-corrected chi connectivity index (χ0v) is 24.2. The highest BCUT2D eigenvalue weighted by atomic mass is 15.2. The Morgan fingerprint density at radius 1 is 0.949 bits per heavy atom. The van der Waals surface area contributed by atoms with Crippen molar-refractivity contribution in [3.63, 3.8) is 0 Å². The van der Waals surface area contributed by atoms with Crippen LogP contribution in [0.5, 0.6) is 0 Å². The molecule has 204 valence electrons. The number of aromatic nitrogens is 4. The fourth-order valence-electron chi connectivity index (χ4n) is 6.21. The fourth-order valence-corrected chi connectivity index (χ4v) is 6.21. The fraction of sp³-hybridized carbons (Fsp3) is 0.438. The molecule has 0 saturated heterocycles. The van der Waals surface area contributed by atoms with E-state index in [0.717, 1.165) is 45.8 Å². The van der Waals surface area contributed by atoms with Crippen molar-refractivity contribution >= 4 is 22.4 Å². The molecule has 1 saturated carbocycles. The van der Waals surface area contributed by atoms with Crippen molar-refractivity contribution in [1.82, 2.24) is 24.8 Å². The highest BCUT2D eigenvalue weighted by Crippen LogP contribution is 2.38. The lowest BCUT2D eigenvalue weighted by Crippen LogP contribution is -2.42. The summed E-state index contributed by atoms with van der Waals surface area (Å²) in [6.45, 7) is 10.1. The van der Waals surface area contributed by atoms with E-state index in [9.17, 15) is 0 Å². The van der Waals surface area contributed by atoms with E-state index in [1.807, 2.05) is 25.4 Å². The lowest BCUT2D eigenvalue weighted by Gasteiger charge is -2.40. The molecule has 0 unspecified atom stereocenters. The molecule has 1 aromatic carbocycles. The van der Waals surface area contributed by atoms with Gasteiger partial charge in [0.2, 0.25) is 0 Å². The summed E-state index contributed by atoms with van der Waals surface area (Å²) in [5, 5.41) is 4.67. The summed E-state index contributed by atoms with van der Waals surface area (Å²) >= 11 is 0. The summed E-state index contributed by atoms with van der Waals surface area (Å²) in [6, 6.07) is 11.9. The SMILES string of the molecule is CCN(c1cc(-c2cccnc2)cc2c(NCc3c(C)cc(C)nc3C)ncnc12)C1CCC(N(C)C)CC1. The maximum absolute atomic E-state index is 4.86. The molecule has 0 spiro atoms. The zero-order valence-electron chi connectivity index (χ0n) is 24.2. The van der Waals surface area contributed by atoms with Crippen LogP contribution in [-0.4, -0.2) is 57.6 Å². The minimum Gasteiger partial charge on any atom is -0.367 e. The maximum Gasteiger partial charge on any atom is 0.137 e. The largest absolute Gasteiger partial charge is 0.367 e. The van der Waals surface area contributed by atoms with E-state index in [4.69, 9.17) is 9.97 Å². The molecule has 0 aliphatic heterocycles. The smallest absolute Gasteiger partial charge is 0.137 e. The molecule has 0 atom stereocenters. The number of aryl methyl sites for hydroxylation is 3. The Hall–Kier alpha value is -3.58. The van der Waals surface area contributed by atoms with Gasteiger partial charge in [-0.15, -0.1) is 0 Å². The summed E-state index contributed by atoms with van der Waals surface area (Å²) in [5.41, 5.74) is 8.96. The molecule has 0 radical (unpaired) electrons. The third-order valence-corrected chi connectivity index (χ3v) is 8.32. The van der Waals surface area contributed by atoms with Gasteiger partial charge in [0.1, 0.15) is 12.1 Å². The lowest BCUT2D eigenvalue weighted by atomic mass is 9.89. The molecule has 4 aromatic rings. The standard InChI is InChI=1S/C32H41N7/c1-7-39(27-12-10-26(11-13-27)38(5)6)30-17-25(24-9-8-14-33-18-24)16-28-31(30)35-20-36-32(28)34-19-29-21(2)15-22(3)37-23(29)4/h8-9,14-18,20,26-27H,7,10-13,19H2,1-6H3,(H,34,35,36). The molecule has 1 N–H and O–H groups in total. The topological polar surface area (TPSA) is 70.1 Å². The van der Waals surface area contributed by atoms with Gasteiger partial charge in [0.05, 0.1) is 11.2 Å². The molecule has 0 amide bonds. The van der Waals surface area contributed by atoms with Gasteiger partial charge in [0.15, 0.2) is 0 Å². The molecule has 1 aliphatic rings. The van der Waals surface area contributed by atoms with Crippen molar-refractivity contribution in [2.75, 3.05) is 30.9 Å². The highest BCUT2D eigenvalue weighted by Gasteiger charge is 2.28. The molecule has 3 heterocycles. The molecule has 1 fully saturated rings. The summed E-state index contributed by atoms with van der Waals surface area (Å²) < 4.78 is 0. The number of benzene rings is 1. The number of rotatable bonds is 8. The minimum absolute atomic E-state index is 0.494. The number of nitrogens with one attached hydrogen (secondary N) is 1. The van der Waals surface area contributed by atoms with E-state index in [-0.39, 0.29) is 0 Å². The minimum atomic E-state index is 0.494. The van der Waals surface area contributed by atoms with Crippen molar-refractivity contribution in [2.24, 2.45) is 0 Å². The van der Waals surface area contributed by atoms with Gasteiger partial charge in [-0.25, -0.2) is 9.97 Å². The van der Waals surface area contributed by atoms with Crippen molar-refractivity contribution < 1.29 is 0 Å². The van der Waals surface area contributed by atoms with E-state index in [1.165, 1.54) is 42.5 Å². The van der Waals surface area contributed by atoms with Crippen LogP contribution in [0.4, 0.5) is 11.5 Å². The van der Waals surface area contributed by atoms with Crippen LogP contribution < -0.4 is 10.2 Å². The van der Waals surface area contributed by atoms with Crippen LogP contribution in [0.2, 0.25) is 0 Å². The number of pyridine rings is 2. The van der Waals surface area contributed by atoms with Crippen LogP contribution in [0, 0.1) is 20.8 Å². The quantitative estimate of drug-likeness (QED) is 0.290. The van der Waals surface area contributed by atoms with E-state index in [0.29, 0.717) is 18.6 Å². The second kappa shape index (κ2) is 11.7. The van der Waals surface area contributed by atoms with Gasteiger partial charge in [-0.3, -0.25) is 9.97 Å². The van der Waals surface area contributed by atoms with E-state index >= 15 is 0 Å². The number of anilines is 2. The average Bonchev–Trinajstić information content (AvgIpc) is 2.93. The second-order valence-corrected chi connectivity index (χ2v) is 11.1. The molecule has 1 aliphatic carbocycles. The van der Waals surface area contributed by atoms with Crippen LogP contribution in [-0.2, 0) is 6.54 Å². The first-order chi connectivity index (χ1) is 18.9. The van der Waals surface area contributed by atoms with Crippen LogP contribution in [0.1, 0.15) is 55.1 Å². The van der Waals surface area contributed by atoms with Crippen LogP contribution in [0.15, 0.2) is 49.1 Å². The second-order valence-electron chi connectivity index (χ2n) is 11.1. The van der Waals surface area contributed by atoms with Gasteiger partial charge < -0.3 is 15.1 Å². The summed E-state index contributed by atoms with van der Waals surface area (Å²) in [4.78, 5) is 23.6. The molecular formula is C32H41N7. The Balaban J connectivity index is 1.57. The zero-order chi connectivity index (χ0) is 27.5. The van der Waals surface area contributed by atoms with Crippen molar-refractivity contribution in [1.29, 1.82) is 0 Å². The normalized spacial score (nSPS) is 17.5. The van der Waals surface area contributed by atoms with Gasteiger partial charge in [0.25, 0.3) is 0 Å². The van der Waals surface area contributed by atoms with Crippen molar-refractivity contribution in [3.05, 3.63) is 71.6 Å². The first kappa shape index (κ1) is 27.0. The van der Waals surface area contributed by atoms with E-state index < -0.39 is 0 Å². The van der Waals surface area contributed by atoms with Crippen LogP contribution in [0.3, 0.4) is 0 Å². The Labute approximate surface area is 232 Å². The monoisotopic (exact) mass is 523 g/mol. The van der Waals surface area contributed by atoms with Gasteiger partial charge >= 0.3 is 0 Å². The molecule has 39 heavy (non-hydrogen) atoms. The summed E-state index contributed by atoms with van der Waals surface area (Å²) in [6.07, 6.45) is 10.3. The highest BCUT2D eigenvalue weighted by molar-refractivity contribution is 6.00. The predicted molar refractivity (Wildman–Crippen MR) is 161 cm³/mol. The van der Waals surface area contributed by atoms with Crippen molar-refractivity contribution in [3.8, 4) is 11.1 Å². The molecule has 5 rings (SSSR count). The summed E-state index contributed by atoms with van der Waals surface area (Å²) in [5.74, 6) is 0.846. The third-order valence-electron chi connectivity index (χ3n) is 8.32.